The van der Waals surface area contributed by atoms with Crippen LogP contribution in [0.25, 0.3) is 0 Å². The fourth-order valence-corrected chi connectivity index (χ4v) is 2.10. The molecule has 1 amide bonds. The molecule has 0 spiro atoms. The van der Waals surface area contributed by atoms with E-state index in [0.717, 1.165) is 11.6 Å². The molecular weight excluding hydrogens is 305 g/mol. The summed E-state index contributed by atoms with van der Waals surface area (Å²) in [6, 6.07) is 7.11. The molecule has 1 aromatic carbocycles. The third kappa shape index (κ3) is 4.59. The lowest BCUT2D eigenvalue weighted by atomic mass is 9.86. The van der Waals surface area contributed by atoms with Crippen molar-refractivity contribution >= 4 is 5.91 Å². The first-order chi connectivity index (χ1) is 10.5. The first kappa shape index (κ1) is 18.8. The van der Waals surface area contributed by atoms with Crippen LogP contribution in [0.3, 0.4) is 0 Å². The van der Waals surface area contributed by atoms with Gasteiger partial charge in [-0.3, -0.25) is 4.79 Å². The van der Waals surface area contributed by atoms with E-state index in [4.69, 9.17) is 0 Å². The van der Waals surface area contributed by atoms with Crippen LogP contribution in [0.4, 0.5) is 13.2 Å². The molecule has 1 aromatic rings. The van der Waals surface area contributed by atoms with Crippen LogP contribution in [0, 0.1) is 11.3 Å². The van der Waals surface area contributed by atoms with Crippen molar-refractivity contribution in [1.82, 2.24) is 4.90 Å². The number of rotatable bonds is 4. The minimum absolute atomic E-state index is 0.122. The van der Waals surface area contributed by atoms with Gasteiger partial charge >= 0.3 is 12.1 Å². The highest BCUT2D eigenvalue weighted by Crippen LogP contribution is 2.29. The third-order valence-corrected chi connectivity index (χ3v) is 3.36. The predicted molar refractivity (Wildman–Crippen MR) is 81.5 cm³/mol. The molecule has 0 heterocycles. The smallest absolute Gasteiger partial charge is 0.311 e. The van der Waals surface area contributed by atoms with Crippen LogP contribution in [0.15, 0.2) is 36.9 Å². The lowest BCUT2D eigenvalue weighted by Gasteiger charge is -2.28. The van der Waals surface area contributed by atoms with Gasteiger partial charge in [0.2, 0.25) is 0 Å². The van der Waals surface area contributed by atoms with E-state index in [1.165, 1.54) is 0 Å². The third-order valence-electron chi connectivity index (χ3n) is 3.36. The second-order valence-electron chi connectivity index (χ2n) is 6.15. The van der Waals surface area contributed by atoms with Crippen LogP contribution in [0.2, 0.25) is 0 Å². The van der Waals surface area contributed by atoms with E-state index >= 15 is 0 Å². The normalized spacial score (nSPS) is 13.1. The monoisotopic (exact) mass is 324 g/mol. The van der Waals surface area contributed by atoms with Gasteiger partial charge < -0.3 is 4.90 Å². The van der Waals surface area contributed by atoms with Crippen LogP contribution < -0.4 is 0 Å². The van der Waals surface area contributed by atoms with Crippen LogP contribution in [0.1, 0.15) is 37.9 Å². The predicted octanol–water partition coefficient (Wildman–Crippen LogP) is 4.13. The summed E-state index contributed by atoms with van der Waals surface area (Å²) in [5.74, 6) is -2.05. The second kappa shape index (κ2) is 6.86. The van der Waals surface area contributed by atoms with E-state index in [1.807, 2.05) is 20.8 Å². The minimum Gasteiger partial charge on any atom is -0.311 e. The van der Waals surface area contributed by atoms with Crippen LogP contribution in [-0.4, -0.2) is 23.5 Å². The van der Waals surface area contributed by atoms with E-state index in [0.29, 0.717) is 10.5 Å². The average Bonchev–Trinajstić information content (AvgIpc) is 2.45. The maximum Gasteiger partial charge on any atom is 0.471 e. The molecule has 0 aromatic heterocycles. The number of hydrogen-bond acceptors (Lipinski definition) is 2. The molecule has 0 radical (unpaired) electrons. The lowest BCUT2D eigenvalue weighted by Crippen LogP contribution is -2.43. The van der Waals surface area contributed by atoms with Gasteiger partial charge in [-0.1, -0.05) is 51.1 Å². The molecule has 23 heavy (non-hydrogen) atoms. The van der Waals surface area contributed by atoms with E-state index < -0.39 is 18.1 Å². The Kier molecular flexibility index (Phi) is 5.60. The average molecular weight is 324 g/mol. The molecule has 0 aliphatic rings. The van der Waals surface area contributed by atoms with Crippen molar-refractivity contribution in [3.63, 3.8) is 0 Å². The Morgan fingerprint density at radius 2 is 1.83 bits per heavy atom. The summed E-state index contributed by atoms with van der Waals surface area (Å²) in [6.07, 6.45) is -3.87. The molecule has 0 N–H and O–H groups in total. The maximum atomic E-state index is 12.7. The first-order valence-corrected chi connectivity index (χ1v) is 7.01. The fourth-order valence-electron chi connectivity index (χ4n) is 2.10. The van der Waals surface area contributed by atoms with Crippen molar-refractivity contribution < 1.29 is 18.0 Å². The van der Waals surface area contributed by atoms with Gasteiger partial charge in [0.15, 0.2) is 0 Å². The molecule has 0 saturated heterocycles. The molecule has 1 atom stereocenters. The highest BCUT2D eigenvalue weighted by atomic mass is 19.4. The number of carbonyl (C=O) groups is 1. The van der Waals surface area contributed by atoms with Gasteiger partial charge in [-0.15, -0.1) is 6.58 Å². The summed E-state index contributed by atoms with van der Waals surface area (Å²) >= 11 is 0. The highest BCUT2D eigenvalue weighted by molar-refractivity contribution is 5.82. The molecule has 6 heteroatoms. The Morgan fingerprint density at radius 3 is 2.17 bits per heavy atom. The second-order valence-corrected chi connectivity index (χ2v) is 6.15. The van der Waals surface area contributed by atoms with Gasteiger partial charge in [-0.05, 0) is 16.5 Å². The van der Waals surface area contributed by atoms with Crippen molar-refractivity contribution in [2.24, 2.45) is 0 Å². The van der Waals surface area contributed by atoms with Crippen molar-refractivity contribution in [3.05, 3.63) is 48.0 Å². The molecule has 0 bridgehead atoms. The highest BCUT2D eigenvalue weighted by Gasteiger charge is 2.44. The molecule has 124 valence electrons. The SMILES string of the molecule is C=CCN(C(=O)C(F)(F)F)C(C#N)c1ccc(C(C)(C)C)cc1. The number of carbonyl (C=O) groups excluding carboxylic acids is 1. The standard InChI is InChI=1S/C17H19F3N2O/c1-5-10-22(15(23)17(18,19)20)14(11-21)12-6-8-13(9-7-12)16(2,3)4/h5-9,14H,1,10H2,2-4H3. The number of amides is 1. The maximum absolute atomic E-state index is 12.7. The van der Waals surface area contributed by atoms with Crippen LogP contribution >= 0.6 is 0 Å². The number of hydrogen-bond donors (Lipinski definition) is 0. The zero-order valence-electron chi connectivity index (χ0n) is 13.3. The molecule has 0 saturated carbocycles. The molecule has 1 unspecified atom stereocenters. The Morgan fingerprint density at radius 1 is 1.30 bits per heavy atom. The zero-order chi connectivity index (χ0) is 17.8. The Bertz CT molecular complexity index is 607. The molecule has 1 rings (SSSR count). The summed E-state index contributed by atoms with van der Waals surface area (Å²) in [6.45, 7) is 8.99. The van der Waals surface area contributed by atoms with Crippen molar-refractivity contribution in [2.75, 3.05) is 6.54 Å². The molecule has 0 aliphatic carbocycles. The largest absolute Gasteiger partial charge is 0.471 e. The molecule has 0 fully saturated rings. The number of halogens is 3. The van der Waals surface area contributed by atoms with Crippen molar-refractivity contribution in [2.45, 2.75) is 38.4 Å². The van der Waals surface area contributed by atoms with E-state index in [-0.39, 0.29) is 12.0 Å². The number of nitriles is 1. The quantitative estimate of drug-likeness (QED) is 0.782. The molecule has 3 nitrogen and oxygen atoms in total. The lowest BCUT2D eigenvalue weighted by molar-refractivity contribution is -0.186. The van der Waals surface area contributed by atoms with E-state index in [9.17, 15) is 23.2 Å². The first-order valence-electron chi connectivity index (χ1n) is 7.01. The summed E-state index contributed by atoms with van der Waals surface area (Å²) in [5.41, 5.74) is 1.19. The topological polar surface area (TPSA) is 44.1 Å². The summed E-state index contributed by atoms with van der Waals surface area (Å²) in [4.78, 5) is 12.0. The Hall–Kier alpha value is -2.29. The Balaban J connectivity index is 3.21. The number of benzene rings is 1. The van der Waals surface area contributed by atoms with Crippen LogP contribution in [-0.2, 0) is 10.2 Å². The Labute approximate surface area is 134 Å². The van der Waals surface area contributed by atoms with Crippen molar-refractivity contribution in [1.29, 1.82) is 5.26 Å². The van der Waals surface area contributed by atoms with Gasteiger partial charge in [-0.2, -0.15) is 18.4 Å². The zero-order valence-corrected chi connectivity index (χ0v) is 13.3. The van der Waals surface area contributed by atoms with E-state index in [2.05, 4.69) is 6.58 Å². The van der Waals surface area contributed by atoms with Crippen LogP contribution in [0.5, 0.6) is 0 Å². The van der Waals surface area contributed by atoms with Crippen molar-refractivity contribution in [3.8, 4) is 6.07 Å². The van der Waals surface area contributed by atoms with Gasteiger partial charge in [0.25, 0.3) is 0 Å². The fraction of sp³-hybridized carbons (Fsp3) is 0.412. The number of nitrogens with zero attached hydrogens (tertiary/aromatic N) is 2. The summed E-state index contributed by atoms with van der Waals surface area (Å²) in [5, 5.41) is 9.27. The number of alkyl halides is 3. The van der Waals surface area contributed by atoms with Gasteiger partial charge in [-0.25, -0.2) is 0 Å². The van der Waals surface area contributed by atoms with E-state index in [1.54, 1.807) is 30.3 Å². The summed E-state index contributed by atoms with van der Waals surface area (Å²) in [7, 11) is 0. The molecule has 0 aliphatic heterocycles. The minimum atomic E-state index is -5.04. The van der Waals surface area contributed by atoms with Gasteiger partial charge in [0, 0.05) is 6.54 Å². The van der Waals surface area contributed by atoms with Gasteiger partial charge in [0.1, 0.15) is 6.04 Å². The molecular formula is C17H19F3N2O. The van der Waals surface area contributed by atoms with Gasteiger partial charge in [0.05, 0.1) is 6.07 Å². The summed E-state index contributed by atoms with van der Waals surface area (Å²) < 4.78 is 38.2.